The number of piperidine rings is 1. The zero-order valence-electron chi connectivity index (χ0n) is 13.7. The lowest BCUT2D eigenvalue weighted by molar-refractivity contribution is -0.136. The number of halogens is 3. The summed E-state index contributed by atoms with van der Waals surface area (Å²) in [7, 11) is 0. The highest BCUT2D eigenvalue weighted by molar-refractivity contribution is 7.59. The average molecular weight is 385 g/mol. The average Bonchev–Trinajstić information content (AvgIpc) is 2.91. The first kappa shape index (κ1) is 18.6. The van der Waals surface area contributed by atoms with E-state index < -0.39 is 11.7 Å². The van der Waals surface area contributed by atoms with Crippen LogP contribution in [-0.4, -0.2) is 29.1 Å². The number of rotatable bonds is 1. The SMILES string of the molecule is Nc1nc(N2CCC[C@H](N)C2)c2oc3cccc(C(F)(F)F)c3c2n1.S. The molecule has 1 fully saturated rings. The van der Waals surface area contributed by atoms with Crippen LogP contribution in [0.25, 0.3) is 22.1 Å². The summed E-state index contributed by atoms with van der Waals surface area (Å²) >= 11 is 0. The molecule has 0 amide bonds. The predicted molar refractivity (Wildman–Crippen MR) is 98.5 cm³/mol. The Balaban J connectivity index is 0.00000196. The van der Waals surface area contributed by atoms with Crippen molar-refractivity contribution in [3.05, 3.63) is 23.8 Å². The second-order valence-corrected chi connectivity index (χ2v) is 6.21. The van der Waals surface area contributed by atoms with Gasteiger partial charge in [0.1, 0.15) is 11.1 Å². The first-order valence-electron chi connectivity index (χ1n) is 7.91. The summed E-state index contributed by atoms with van der Waals surface area (Å²) < 4.78 is 45.9. The van der Waals surface area contributed by atoms with Gasteiger partial charge in [-0.2, -0.15) is 31.7 Å². The lowest BCUT2D eigenvalue weighted by Crippen LogP contribution is -2.43. The molecule has 4 rings (SSSR count). The third-order valence-corrected chi connectivity index (χ3v) is 4.40. The number of fused-ring (bicyclic) bond motifs is 3. The first-order valence-corrected chi connectivity index (χ1v) is 7.91. The van der Waals surface area contributed by atoms with Gasteiger partial charge >= 0.3 is 6.18 Å². The number of nitrogens with zero attached hydrogens (tertiary/aromatic N) is 3. The molecule has 3 heterocycles. The van der Waals surface area contributed by atoms with Gasteiger partial charge < -0.3 is 20.8 Å². The summed E-state index contributed by atoms with van der Waals surface area (Å²) in [5.74, 6) is 0.295. The number of anilines is 2. The number of furan rings is 1. The molecule has 1 aliphatic rings. The minimum atomic E-state index is -4.52. The molecule has 1 atom stereocenters. The number of nitrogen functional groups attached to an aromatic ring is 1. The molecule has 0 radical (unpaired) electrons. The van der Waals surface area contributed by atoms with Gasteiger partial charge in [-0.15, -0.1) is 0 Å². The van der Waals surface area contributed by atoms with Gasteiger partial charge in [-0.3, -0.25) is 0 Å². The van der Waals surface area contributed by atoms with E-state index in [0.717, 1.165) is 18.9 Å². The number of aromatic nitrogens is 2. The number of benzene rings is 1. The molecular weight excluding hydrogens is 367 g/mol. The topological polar surface area (TPSA) is 94.2 Å². The summed E-state index contributed by atoms with van der Waals surface area (Å²) in [5, 5.41) is -0.0957. The summed E-state index contributed by atoms with van der Waals surface area (Å²) in [6.07, 6.45) is -2.77. The standard InChI is InChI=1S/C16H16F3N5O.H2S/c17-16(18,19)9-4-1-5-10-11(9)12-13(25-10)14(23-15(21)22-12)24-6-2-3-8(20)7-24;/h1,4-5,8H,2-3,6-7,20H2,(H2,21,22,23);1H2/t8-;/m0./s1. The van der Waals surface area contributed by atoms with Crippen LogP contribution in [0.15, 0.2) is 22.6 Å². The molecule has 1 aliphatic heterocycles. The Morgan fingerprint density at radius 2 is 2.00 bits per heavy atom. The second-order valence-electron chi connectivity index (χ2n) is 6.21. The highest BCUT2D eigenvalue weighted by Crippen LogP contribution is 2.41. The molecule has 26 heavy (non-hydrogen) atoms. The van der Waals surface area contributed by atoms with Gasteiger partial charge in [-0.05, 0) is 25.0 Å². The Hall–Kier alpha value is -2.20. The normalized spacial score (nSPS) is 18.3. The van der Waals surface area contributed by atoms with Crippen LogP contribution in [0.5, 0.6) is 0 Å². The number of hydrogen-bond acceptors (Lipinski definition) is 6. The van der Waals surface area contributed by atoms with E-state index in [-0.39, 0.29) is 47.6 Å². The van der Waals surface area contributed by atoms with Crippen LogP contribution in [0.2, 0.25) is 0 Å². The quantitative estimate of drug-likeness (QED) is 0.669. The molecule has 10 heteroatoms. The van der Waals surface area contributed by atoms with Crippen molar-refractivity contribution in [2.75, 3.05) is 23.7 Å². The smallest absolute Gasteiger partial charge is 0.417 e. The van der Waals surface area contributed by atoms with E-state index in [1.807, 2.05) is 4.90 Å². The van der Waals surface area contributed by atoms with Crippen LogP contribution in [0, 0.1) is 0 Å². The van der Waals surface area contributed by atoms with Gasteiger partial charge in [-0.25, -0.2) is 4.98 Å². The molecule has 1 saturated heterocycles. The monoisotopic (exact) mass is 385 g/mol. The Kier molecular flexibility index (Phi) is 4.65. The van der Waals surface area contributed by atoms with Crippen LogP contribution in [0.3, 0.4) is 0 Å². The Morgan fingerprint density at radius 3 is 2.69 bits per heavy atom. The molecule has 6 nitrogen and oxygen atoms in total. The maximum atomic E-state index is 13.4. The molecule has 0 bridgehead atoms. The molecule has 140 valence electrons. The second kappa shape index (κ2) is 6.51. The molecule has 2 aromatic heterocycles. The van der Waals surface area contributed by atoms with Gasteiger partial charge in [0.15, 0.2) is 11.4 Å². The van der Waals surface area contributed by atoms with Gasteiger partial charge in [0, 0.05) is 19.1 Å². The van der Waals surface area contributed by atoms with Crippen molar-refractivity contribution in [3.8, 4) is 0 Å². The lowest BCUT2D eigenvalue weighted by atomic mass is 10.1. The van der Waals surface area contributed by atoms with Crippen LogP contribution >= 0.6 is 13.5 Å². The van der Waals surface area contributed by atoms with Gasteiger partial charge in [0.05, 0.1) is 10.9 Å². The van der Waals surface area contributed by atoms with Crippen molar-refractivity contribution < 1.29 is 17.6 Å². The third kappa shape index (κ3) is 3.03. The maximum Gasteiger partial charge on any atom is 0.417 e. The highest BCUT2D eigenvalue weighted by Gasteiger charge is 2.35. The van der Waals surface area contributed by atoms with Crippen LogP contribution < -0.4 is 16.4 Å². The van der Waals surface area contributed by atoms with Crippen LogP contribution in [-0.2, 0) is 6.18 Å². The van der Waals surface area contributed by atoms with E-state index in [9.17, 15) is 13.2 Å². The van der Waals surface area contributed by atoms with Crippen molar-refractivity contribution in [2.45, 2.75) is 25.1 Å². The molecule has 0 saturated carbocycles. The third-order valence-electron chi connectivity index (χ3n) is 4.40. The molecule has 0 aliphatic carbocycles. The highest BCUT2D eigenvalue weighted by atomic mass is 32.1. The van der Waals surface area contributed by atoms with Crippen molar-refractivity contribution in [3.63, 3.8) is 0 Å². The summed E-state index contributed by atoms with van der Waals surface area (Å²) in [5.41, 5.74) is 11.4. The largest absolute Gasteiger partial charge is 0.450 e. The number of alkyl halides is 3. The van der Waals surface area contributed by atoms with Crippen LogP contribution in [0.1, 0.15) is 18.4 Å². The molecule has 1 aromatic carbocycles. The van der Waals surface area contributed by atoms with Gasteiger partial charge in [-0.1, -0.05) is 6.07 Å². The Bertz CT molecular complexity index is 958. The van der Waals surface area contributed by atoms with E-state index in [4.69, 9.17) is 15.9 Å². The molecule has 4 N–H and O–H groups in total. The zero-order chi connectivity index (χ0) is 17.8. The molecular formula is C16H18F3N5OS. The minimum Gasteiger partial charge on any atom is -0.450 e. The minimum absolute atomic E-state index is 0. The predicted octanol–water partition coefficient (Wildman–Crippen LogP) is 3.02. The fourth-order valence-electron chi connectivity index (χ4n) is 3.34. The first-order chi connectivity index (χ1) is 11.8. The molecule has 0 unspecified atom stereocenters. The van der Waals surface area contributed by atoms with Crippen molar-refractivity contribution >= 4 is 47.3 Å². The Morgan fingerprint density at radius 1 is 1.23 bits per heavy atom. The summed E-state index contributed by atoms with van der Waals surface area (Å²) in [4.78, 5) is 10.1. The van der Waals surface area contributed by atoms with E-state index in [0.29, 0.717) is 18.9 Å². The van der Waals surface area contributed by atoms with Crippen molar-refractivity contribution in [1.29, 1.82) is 0 Å². The number of nitrogens with two attached hydrogens (primary N) is 2. The maximum absolute atomic E-state index is 13.4. The summed E-state index contributed by atoms with van der Waals surface area (Å²) in [6, 6.07) is 3.76. The van der Waals surface area contributed by atoms with E-state index in [1.54, 1.807) is 0 Å². The molecule has 3 aromatic rings. The number of hydrogen-bond donors (Lipinski definition) is 2. The van der Waals surface area contributed by atoms with Gasteiger partial charge in [0.25, 0.3) is 0 Å². The zero-order valence-corrected chi connectivity index (χ0v) is 14.7. The van der Waals surface area contributed by atoms with Crippen LogP contribution in [0.4, 0.5) is 24.9 Å². The fourth-order valence-corrected chi connectivity index (χ4v) is 3.34. The van der Waals surface area contributed by atoms with Crippen molar-refractivity contribution in [1.82, 2.24) is 9.97 Å². The molecule has 0 spiro atoms. The summed E-state index contributed by atoms with van der Waals surface area (Å²) in [6.45, 7) is 1.22. The van der Waals surface area contributed by atoms with E-state index in [2.05, 4.69) is 9.97 Å². The van der Waals surface area contributed by atoms with E-state index in [1.165, 1.54) is 12.1 Å². The van der Waals surface area contributed by atoms with E-state index >= 15 is 0 Å². The van der Waals surface area contributed by atoms with Gasteiger partial charge in [0.2, 0.25) is 5.95 Å². The fraction of sp³-hybridized carbons (Fsp3) is 0.375. The Labute approximate surface area is 153 Å². The lowest BCUT2D eigenvalue weighted by Gasteiger charge is -2.31. The van der Waals surface area contributed by atoms with Crippen molar-refractivity contribution in [2.24, 2.45) is 5.73 Å².